The van der Waals surface area contributed by atoms with E-state index in [1.165, 1.54) is 0 Å². The van der Waals surface area contributed by atoms with Crippen molar-refractivity contribution in [2.75, 3.05) is 0 Å². The summed E-state index contributed by atoms with van der Waals surface area (Å²) >= 11 is 6.01. The molecule has 0 aliphatic carbocycles. The molecule has 90 valence electrons. The molecule has 0 saturated heterocycles. The monoisotopic (exact) mass is 259 g/mol. The molecule has 0 aliphatic heterocycles. The van der Waals surface area contributed by atoms with Crippen LogP contribution >= 0.6 is 11.6 Å². The van der Waals surface area contributed by atoms with Crippen molar-refractivity contribution in [3.05, 3.63) is 58.6 Å². The van der Waals surface area contributed by atoms with Crippen molar-refractivity contribution in [2.24, 2.45) is 0 Å². The van der Waals surface area contributed by atoms with Gasteiger partial charge in [0.25, 0.3) is 0 Å². The molecule has 2 rings (SSSR count). The first-order chi connectivity index (χ1) is 8.74. The van der Waals surface area contributed by atoms with Gasteiger partial charge in [-0.05, 0) is 24.3 Å². The van der Waals surface area contributed by atoms with Gasteiger partial charge in [-0.15, -0.1) is 0 Å². The van der Waals surface area contributed by atoms with Crippen LogP contribution in [0.25, 0.3) is 0 Å². The number of hydrogen-bond acceptors (Lipinski definition) is 3. The van der Waals surface area contributed by atoms with E-state index in [4.69, 9.17) is 21.6 Å². The second-order valence-electron chi connectivity index (χ2n) is 3.62. The Morgan fingerprint density at radius 1 is 1.17 bits per heavy atom. The summed E-state index contributed by atoms with van der Waals surface area (Å²) in [6, 6.07) is 14.0. The van der Waals surface area contributed by atoms with Crippen LogP contribution in [0.4, 0.5) is 0 Å². The van der Waals surface area contributed by atoms with Crippen LogP contribution in [0.1, 0.15) is 11.1 Å². The molecule has 0 saturated carbocycles. The standard InChI is InChI=1S/C14H10ClNO2/c15-12-7-10(8-16)5-6-14(12)18-13-4-2-1-3-11(13)9-17/h1-7,17H,9H2. The van der Waals surface area contributed by atoms with E-state index < -0.39 is 0 Å². The summed E-state index contributed by atoms with van der Waals surface area (Å²) in [5, 5.41) is 18.3. The molecule has 0 fully saturated rings. The molecule has 0 atom stereocenters. The summed E-state index contributed by atoms with van der Waals surface area (Å²) in [5.41, 5.74) is 1.15. The molecule has 0 bridgehead atoms. The molecule has 0 amide bonds. The Morgan fingerprint density at radius 2 is 1.94 bits per heavy atom. The van der Waals surface area contributed by atoms with Crippen LogP contribution in [0.5, 0.6) is 11.5 Å². The number of aliphatic hydroxyl groups excluding tert-OH is 1. The van der Waals surface area contributed by atoms with Gasteiger partial charge in [-0.2, -0.15) is 5.26 Å². The summed E-state index contributed by atoms with van der Waals surface area (Å²) in [4.78, 5) is 0. The van der Waals surface area contributed by atoms with Gasteiger partial charge in [0.2, 0.25) is 0 Å². The average molecular weight is 260 g/mol. The lowest BCUT2D eigenvalue weighted by atomic mass is 10.2. The normalized spacial score (nSPS) is 9.83. The Morgan fingerprint density at radius 3 is 2.61 bits per heavy atom. The Balaban J connectivity index is 2.32. The number of hydrogen-bond donors (Lipinski definition) is 1. The van der Waals surface area contributed by atoms with Gasteiger partial charge in [-0.1, -0.05) is 29.8 Å². The fourth-order valence-electron chi connectivity index (χ4n) is 1.51. The first-order valence-corrected chi connectivity index (χ1v) is 5.68. The molecule has 18 heavy (non-hydrogen) atoms. The molecule has 0 spiro atoms. The molecular weight excluding hydrogens is 250 g/mol. The molecule has 0 unspecified atom stereocenters. The summed E-state index contributed by atoms with van der Waals surface area (Å²) in [6.07, 6.45) is 0. The van der Waals surface area contributed by atoms with E-state index in [1.54, 1.807) is 30.3 Å². The number of para-hydroxylation sites is 1. The highest BCUT2D eigenvalue weighted by atomic mass is 35.5. The number of nitriles is 1. The molecular formula is C14H10ClNO2. The van der Waals surface area contributed by atoms with E-state index in [2.05, 4.69) is 0 Å². The van der Waals surface area contributed by atoms with Gasteiger partial charge < -0.3 is 9.84 Å². The summed E-state index contributed by atoms with van der Waals surface area (Å²) in [6.45, 7) is -0.107. The minimum Gasteiger partial charge on any atom is -0.455 e. The molecule has 2 aromatic carbocycles. The maximum Gasteiger partial charge on any atom is 0.146 e. The Kier molecular flexibility index (Phi) is 3.83. The van der Waals surface area contributed by atoms with E-state index in [-0.39, 0.29) is 6.61 Å². The summed E-state index contributed by atoms with van der Waals surface area (Å²) in [7, 11) is 0. The number of halogens is 1. The van der Waals surface area contributed by atoms with Crippen LogP contribution in [0.2, 0.25) is 5.02 Å². The number of ether oxygens (including phenoxy) is 1. The van der Waals surface area contributed by atoms with Gasteiger partial charge in [0, 0.05) is 5.56 Å². The maximum absolute atomic E-state index is 9.19. The van der Waals surface area contributed by atoms with Crippen LogP contribution < -0.4 is 4.74 Å². The number of nitrogens with zero attached hydrogens (tertiary/aromatic N) is 1. The molecule has 2 aromatic rings. The van der Waals surface area contributed by atoms with E-state index in [0.29, 0.717) is 27.6 Å². The Labute approximate surface area is 110 Å². The second kappa shape index (κ2) is 5.54. The van der Waals surface area contributed by atoms with Gasteiger partial charge in [-0.25, -0.2) is 0 Å². The van der Waals surface area contributed by atoms with E-state index in [1.807, 2.05) is 18.2 Å². The van der Waals surface area contributed by atoms with Crippen LogP contribution in [0, 0.1) is 11.3 Å². The van der Waals surface area contributed by atoms with Crippen LogP contribution in [0.15, 0.2) is 42.5 Å². The topological polar surface area (TPSA) is 53.2 Å². The zero-order valence-corrected chi connectivity index (χ0v) is 10.2. The van der Waals surface area contributed by atoms with Crippen molar-refractivity contribution < 1.29 is 9.84 Å². The zero-order chi connectivity index (χ0) is 13.0. The molecule has 0 aromatic heterocycles. The fourth-order valence-corrected chi connectivity index (χ4v) is 1.72. The molecule has 3 nitrogen and oxygen atoms in total. The minimum atomic E-state index is -0.107. The van der Waals surface area contributed by atoms with Crippen molar-refractivity contribution in [3.8, 4) is 17.6 Å². The smallest absolute Gasteiger partial charge is 0.146 e. The second-order valence-corrected chi connectivity index (χ2v) is 4.03. The highest BCUT2D eigenvalue weighted by molar-refractivity contribution is 6.32. The van der Waals surface area contributed by atoms with Gasteiger partial charge in [-0.3, -0.25) is 0 Å². The third-order valence-corrected chi connectivity index (χ3v) is 2.72. The zero-order valence-electron chi connectivity index (χ0n) is 9.43. The number of aliphatic hydroxyl groups is 1. The Bertz CT molecular complexity index is 605. The third kappa shape index (κ3) is 2.62. The first-order valence-electron chi connectivity index (χ1n) is 5.31. The van der Waals surface area contributed by atoms with Crippen LogP contribution in [-0.2, 0) is 6.61 Å². The van der Waals surface area contributed by atoms with Gasteiger partial charge in [0.1, 0.15) is 11.5 Å². The van der Waals surface area contributed by atoms with Gasteiger partial charge >= 0.3 is 0 Å². The van der Waals surface area contributed by atoms with E-state index >= 15 is 0 Å². The Hall–Kier alpha value is -2.02. The minimum absolute atomic E-state index is 0.107. The predicted molar refractivity (Wildman–Crippen MR) is 68.6 cm³/mol. The van der Waals surface area contributed by atoms with Crippen LogP contribution in [-0.4, -0.2) is 5.11 Å². The van der Waals surface area contributed by atoms with Crippen molar-refractivity contribution in [3.63, 3.8) is 0 Å². The van der Waals surface area contributed by atoms with Crippen LogP contribution in [0.3, 0.4) is 0 Å². The maximum atomic E-state index is 9.19. The third-order valence-electron chi connectivity index (χ3n) is 2.42. The summed E-state index contributed by atoms with van der Waals surface area (Å²) < 4.78 is 5.63. The quantitative estimate of drug-likeness (QED) is 0.918. The van der Waals surface area contributed by atoms with Gasteiger partial charge in [0.05, 0.1) is 23.3 Å². The molecule has 1 N–H and O–H groups in total. The van der Waals surface area contributed by atoms with E-state index in [0.717, 1.165) is 0 Å². The first kappa shape index (κ1) is 12.4. The lowest BCUT2D eigenvalue weighted by Gasteiger charge is -2.10. The number of rotatable bonds is 3. The van der Waals surface area contributed by atoms with Gasteiger partial charge in [0.15, 0.2) is 0 Å². The lowest BCUT2D eigenvalue weighted by Crippen LogP contribution is -1.92. The summed E-state index contributed by atoms with van der Waals surface area (Å²) in [5.74, 6) is 1.00. The van der Waals surface area contributed by atoms with Crippen molar-refractivity contribution in [1.29, 1.82) is 5.26 Å². The largest absolute Gasteiger partial charge is 0.455 e. The molecule has 4 heteroatoms. The van der Waals surface area contributed by atoms with Crippen molar-refractivity contribution in [1.82, 2.24) is 0 Å². The molecule has 0 radical (unpaired) electrons. The highest BCUT2D eigenvalue weighted by Crippen LogP contribution is 2.31. The lowest BCUT2D eigenvalue weighted by molar-refractivity contribution is 0.276. The SMILES string of the molecule is N#Cc1ccc(Oc2ccccc2CO)c(Cl)c1. The van der Waals surface area contributed by atoms with E-state index in [9.17, 15) is 5.11 Å². The fraction of sp³-hybridized carbons (Fsp3) is 0.0714. The average Bonchev–Trinajstić information content (AvgIpc) is 2.41. The predicted octanol–water partition coefficient (Wildman–Crippen LogP) is 3.50. The number of benzene rings is 2. The van der Waals surface area contributed by atoms with Crippen molar-refractivity contribution in [2.45, 2.75) is 6.61 Å². The molecule has 0 heterocycles. The molecule has 0 aliphatic rings. The highest BCUT2D eigenvalue weighted by Gasteiger charge is 2.07. The van der Waals surface area contributed by atoms with Crippen molar-refractivity contribution >= 4 is 11.6 Å².